The molecular weight excluding hydrogens is 566 g/mol. The van der Waals surface area contributed by atoms with Crippen LogP contribution in [0.25, 0.3) is 0 Å². The third-order valence-electron chi connectivity index (χ3n) is 8.72. The summed E-state index contributed by atoms with van der Waals surface area (Å²) in [7, 11) is 0. The van der Waals surface area contributed by atoms with Gasteiger partial charge in [0.15, 0.2) is 5.78 Å². The molecule has 0 saturated carbocycles. The van der Waals surface area contributed by atoms with E-state index >= 15 is 13.2 Å². The van der Waals surface area contributed by atoms with Gasteiger partial charge in [-0.05, 0) is 88.0 Å². The van der Waals surface area contributed by atoms with Gasteiger partial charge < -0.3 is 20.4 Å². The van der Waals surface area contributed by atoms with Crippen molar-refractivity contribution in [1.82, 2.24) is 15.1 Å². The van der Waals surface area contributed by atoms with Gasteiger partial charge in [-0.2, -0.15) is 13.2 Å². The van der Waals surface area contributed by atoms with Crippen LogP contribution in [0, 0.1) is 24.6 Å². The van der Waals surface area contributed by atoms with Crippen LogP contribution in [-0.4, -0.2) is 89.8 Å². The number of aliphatic hydroxyl groups is 1. The highest BCUT2D eigenvalue weighted by molar-refractivity contribution is 5.99. The van der Waals surface area contributed by atoms with Crippen molar-refractivity contribution in [1.29, 1.82) is 0 Å². The van der Waals surface area contributed by atoms with E-state index in [-0.39, 0.29) is 42.1 Å². The number of unbranched alkanes of at least 4 members (excludes halogenated alkanes) is 1. The maximum absolute atomic E-state index is 15.1. The number of Topliss-reactive ketones (excluding diaryl/α,β-unsaturated/α-hetero) is 1. The number of phenolic OH excluding ortho intramolecular Hbond substituents is 1. The molecule has 2 aromatic rings. The van der Waals surface area contributed by atoms with Gasteiger partial charge in [-0.25, -0.2) is 4.39 Å². The van der Waals surface area contributed by atoms with E-state index in [1.807, 2.05) is 0 Å². The van der Waals surface area contributed by atoms with Crippen molar-refractivity contribution >= 4 is 11.7 Å². The minimum Gasteiger partial charge on any atom is -0.508 e. The molecule has 0 radical (unpaired) electrons. The Hall–Kier alpha value is -3.02. The van der Waals surface area contributed by atoms with Crippen molar-refractivity contribution in [3.8, 4) is 5.75 Å². The number of benzene rings is 2. The Bertz CT molecular complexity index is 1250. The summed E-state index contributed by atoms with van der Waals surface area (Å²) in [5, 5.41) is 22.2. The van der Waals surface area contributed by atoms with Crippen LogP contribution in [0.1, 0.15) is 59.5 Å². The highest BCUT2D eigenvalue weighted by Crippen LogP contribution is 2.49. The molecule has 4 atom stereocenters. The first-order chi connectivity index (χ1) is 20.5. The van der Waals surface area contributed by atoms with Crippen molar-refractivity contribution in [3.05, 3.63) is 65.0 Å². The van der Waals surface area contributed by atoms with Crippen LogP contribution < -0.4 is 5.32 Å². The lowest BCUT2D eigenvalue weighted by Crippen LogP contribution is -2.63. The van der Waals surface area contributed by atoms with E-state index in [2.05, 4.69) is 5.32 Å². The Kier molecular flexibility index (Phi) is 11.2. The second-order valence-electron chi connectivity index (χ2n) is 11.6. The van der Waals surface area contributed by atoms with E-state index in [0.717, 1.165) is 0 Å². The zero-order valence-corrected chi connectivity index (χ0v) is 24.5. The van der Waals surface area contributed by atoms with Gasteiger partial charge in [-0.1, -0.05) is 24.3 Å². The van der Waals surface area contributed by atoms with E-state index < -0.39 is 47.5 Å². The molecule has 43 heavy (non-hydrogen) atoms. The summed E-state index contributed by atoms with van der Waals surface area (Å²) in [6, 6.07) is 7.63. The number of hydrogen-bond acceptors (Lipinski definition) is 6. The first-order valence-electron chi connectivity index (χ1n) is 15.0. The molecule has 0 unspecified atom stereocenters. The molecule has 2 heterocycles. The fourth-order valence-corrected chi connectivity index (χ4v) is 6.64. The Balaban J connectivity index is 1.80. The predicted molar refractivity (Wildman–Crippen MR) is 154 cm³/mol. The molecule has 11 heteroatoms. The molecule has 2 aliphatic rings. The number of hydrogen-bond donors (Lipinski definition) is 3. The van der Waals surface area contributed by atoms with Crippen LogP contribution in [0.3, 0.4) is 0 Å². The van der Waals surface area contributed by atoms with Crippen LogP contribution in [-0.2, 0) is 4.79 Å². The molecule has 0 aliphatic carbocycles. The molecule has 2 saturated heterocycles. The first-order valence-corrected chi connectivity index (χ1v) is 15.0. The topological polar surface area (TPSA) is 93.1 Å². The molecule has 236 valence electrons. The van der Waals surface area contributed by atoms with Gasteiger partial charge in [-0.15, -0.1) is 0 Å². The highest BCUT2D eigenvalue weighted by Gasteiger charge is 2.60. The quantitative estimate of drug-likeness (QED) is 0.185. The number of likely N-dealkylation sites (tertiary alicyclic amines) is 2. The number of piperidine rings is 1. The largest absolute Gasteiger partial charge is 0.508 e. The number of phenols is 1. The second-order valence-corrected chi connectivity index (χ2v) is 11.6. The monoisotopic (exact) mass is 607 g/mol. The van der Waals surface area contributed by atoms with Crippen molar-refractivity contribution in [3.63, 3.8) is 0 Å². The number of carbonyl (C=O) groups is 2. The van der Waals surface area contributed by atoms with Crippen LogP contribution in [0.4, 0.5) is 17.6 Å². The number of alkyl halides is 3. The lowest BCUT2D eigenvalue weighted by molar-refractivity contribution is -0.214. The standard InChI is InChI=1S/C32H41F4N3O4/c1-21-24(11-7-12-26(21)33)27-25(29(42)22-9-6-10-23(41)19-22)20-39(17-3-2-13-37-14-8-18-40)30(32(34,35)36)28(27)31(43)38-15-4-5-16-38/h6-7,9-12,19,25,27-28,30,37,40-41H,2-5,8,13-18,20H2,1H3/t25-,27+,28-,30-/m0/s1. The Labute approximate surface area is 249 Å². The Morgan fingerprint density at radius 2 is 1.72 bits per heavy atom. The molecule has 4 rings (SSSR count). The second kappa shape index (κ2) is 14.6. The van der Waals surface area contributed by atoms with Crippen LogP contribution >= 0.6 is 0 Å². The molecule has 3 N–H and O–H groups in total. The van der Waals surface area contributed by atoms with Gasteiger partial charge in [0, 0.05) is 43.6 Å². The molecule has 1 amide bonds. The summed E-state index contributed by atoms with van der Waals surface area (Å²) < 4.78 is 60.3. The fourth-order valence-electron chi connectivity index (χ4n) is 6.64. The van der Waals surface area contributed by atoms with E-state index in [0.29, 0.717) is 58.3 Å². The highest BCUT2D eigenvalue weighted by atomic mass is 19.4. The number of aliphatic hydroxyl groups excluding tert-OH is 1. The predicted octanol–water partition coefficient (Wildman–Crippen LogP) is 4.66. The lowest BCUT2D eigenvalue weighted by atomic mass is 9.66. The molecule has 2 aromatic carbocycles. The van der Waals surface area contributed by atoms with Gasteiger partial charge in [0.25, 0.3) is 0 Å². The number of rotatable bonds is 12. The number of nitrogens with one attached hydrogen (secondary N) is 1. The number of carbonyl (C=O) groups excluding carboxylic acids is 2. The normalized spacial score (nSPS) is 23.1. The van der Waals surface area contributed by atoms with E-state index in [1.165, 1.54) is 59.2 Å². The van der Waals surface area contributed by atoms with Crippen LogP contribution in [0.15, 0.2) is 42.5 Å². The van der Waals surface area contributed by atoms with Gasteiger partial charge in [0.1, 0.15) is 17.6 Å². The van der Waals surface area contributed by atoms with Crippen molar-refractivity contribution in [2.45, 2.75) is 57.2 Å². The molecule has 2 aliphatic heterocycles. The van der Waals surface area contributed by atoms with Gasteiger partial charge >= 0.3 is 6.18 Å². The Morgan fingerprint density at radius 1 is 1.02 bits per heavy atom. The summed E-state index contributed by atoms with van der Waals surface area (Å²) in [6.07, 6.45) is -1.91. The number of ketones is 1. The third-order valence-corrected chi connectivity index (χ3v) is 8.72. The number of aromatic hydroxyl groups is 1. The zero-order chi connectivity index (χ0) is 31.1. The summed E-state index contributed by atoms with van der Waals surface area (Å²) >= 11 is 0. The zero-order valence-electron chi connectivity index (χ0n) is 24.5. The molecule has 7 nitrogen and oxygen atoms in total. The summed E-state index contributed by atoms with van der Waals surface area (Å²) in [5.41, 5.74) is 0.455. The van der Waals surface area contributed by atoms with Gasteiger partial charge in [-0.3, -0.25) is 14.5 Å². The summed E-state index contributed by atoms with van der Waals surface area (Å²) in [6.45, 7) is 3.05. The van der Waals surface area contributed by atoms with Crippen molar-refractivity contribution in [2.75, 3.05) is 45.9 Å². The number of nitrogens with zero attached hydrogens (tertiary/aromatic N) is 2. The van der Waals surface area contributed by atoms with E-state index in [4.69, 9.17) is 5.11 Å². The minimum atomic E-state index is -4.79. The third kappa shape index (κ3) is 7.74. The molecule has 0 spiro atoms. The average molecular weight is 608 g/mol. The molecular formula is C32H41F4N3O4. The average Bonchev–Trinajstić information content (AvgIpc) is 3.51. The maximum Gasteiger partial charge on any atom is 0.404 e. The number of halogens is 4. The van der Waals surface area contributed by atoms with Gasteiger partial charge in [0.05, 0.1) is 5.92 Å². The van der Waals surface area contributed by atoms with Crippen molar-refractivity contribution in [2.24, 2.45) is 11.8 Å². The van der Waals surface area contributed by atoms with E-state index in [1.54, 1.807) is 0 Å². The van der Waals surface area contributed by atoms with Crippen LogP contribution in [0.2, 0.25) is 0 Å². The van der Waals surface area contributed by atoms with Crippen molar-refractivity contribution < 1.29 is 37.4 Å². The molecule has 2 fully saturated rings. The number of amides is 1. The summed E-state index contributed by atoms with van der Waals surface area (Å²) in [4.78, 5) is 31.0. The lowest BCUT2D eigenvalue weighted by Gasteiger charge is -2.50. The Morgan fingerprint density at radius 3 is 2.40 bits per heavy atom. The smallest absolute Gasteiger partial charge is 0.404 e. The van der Waals surface area contributed by atoms with Crippen LogP contribution in [0.5, 0.6) is 5.75 Å². The molecule has 0 aromatic heterocycles. The maximum atomic E-state index is 15.1. The fraction of sp³-hybridized carbons (Fsp3) is 0.562. The van der Waals surface area contributed by atoms with E-state index in [9.17, 15) is 19.1 Å². The summed E-state index contributed by atoms with van der Waals surface area (Å²) in [5.74, 6) is -5.95. The molecule has 0 bridgehead atoms. The van der Waals surface area contributed by atoms with Gasteiger partial charge in [0.2, 0.25) is 5.91 Å². The minimum absolute atomic E-state index is 0.00824. The SMILES string of the molecule is Cc1c(F)cccc1[C@H]1[C@H](C(=O)N2CCCC2)[C@@H](C(F)(F)F)N(CCCCNCCCO)C[C@@H]1C(=O)c1cccc(O)c1. The first kappa shape index (κ1) is 32.9.